The molecule has 3 rings (SSSR count). The summed E-state index contributed by atoms with van der Waals surface area (Å²) < 4.78 is 0. The van der Waals surface area contributed by atoms with Gasteiger partial charge in [0.25, 0.3) is 5.91 Å². The van der Waals surface area contributed by atoms with Crippen molar-refractivity contribution in [2.24, 2.45) is 17.8 Å². The Labute approximate surface area is 120 Å². The second-order valence-electron chi connectivity index (χ2n) is 6.57. The number of benzene rings is 1. The summed E-state index contributed by atoms with van der Waals surface area (Å²) in [5.41, 5.74) is 1.13. The zero-order valence-electron chi connectivity index (χ0n) is 12.2. The summed E-state index contributed by atoms with van der Waals surface area (Å²) in [6.45, 7) is 3.92. The molecule has 2 aliphatic rings. The Bertz CT molecular complexity index is 526. The predicted octanol–water partition coefficient (Wildman–Crippen LogP) is 3.26. The first kappa shape index (κ1) is 13.5. The summed E-state index contributed by atoms with van der Waals surface area (Å²) in [6.07, 6.45) is 5.30. The van der Waals surface area contributed by atoms with Crippen molar-refractivity contribution < 1.29 is 9.90 Å². The number of phenolic OH excluding ortho intramolecular Hbond substituents is 1. The smallest absolute Gasteiger partial charge is 0.255 e. The number of aromatic hydroxyl groups is 1. The van der Waals surface area contributed by atoms with Crippen molar-refractivity contribution in [1.29, 1.82) is 0 Å². The number of amides is 1. The molecule has 2 aliphatic carbocycles. The molecule has 4 atom stereocenters. The zero-order chi connectivity index (χ0) is 14.3. The lowest BCUT2D eigenvalue weighted by molar-refractivity contribution is 0.0912. The van der Waals surface area contributed by atoms with E-state index in [1.54, 1.807) is 6.07 Å². The summed E-state index contributed by atoms with van der Waals surface area (Å²) >= 11 is 0. The molecule has 1 aromatic rings. The first-order chi connectivity index (χ1) is 9.56. The van der Waals surface area contributed by atoms with E-state index in [0.717, 1.165) is 17.4 Å². The first-order valence-corrected chi connectivity index (χ1v) is 7.65. The number of fused-ring (bicyclic) bond motifs is 2. The molecule has 0 spiro atoms. The van der Waals surface area contributed by atoms with Gasteiger partial charge in [-0.2, -0.15) is 0 Å². The number of para-hydroxylation sites is 1. The third-order valence-electron chi connectivity index (χ3n) is 5.28. The molecule has 1 amide bonds. The Morgan fingerprint density at radius 2 is 2.15 bits per heavy atom. The first-order valence-electron chi connectivity index (χ1n) is 7.65. The van der Waals surface area contributed by atoms with Crippen molar-refractivity contribution in [3.63, 3.8) is 0 Å². The molecule has 2 saturated carbocycles. The molecule has 0 saturated heterocycles. The molecule has 3 nitrogen and oxygen atoms in total. The molecule has 2 fully saturated rings. The molecule has 0 aromatic heterocycles. The molecule has 4 unspecified atom stereocenters. The fraction of sp³-hybridized carbons (Fsp3) is 0.588. The van der Waals surface area contributed by atoms with Gasteiger partial charge in [0, 0.05) is 6.04 Å². The molecule has 0 heterocycles. The highest BCUT2D eigenvalue weighted by Crippen LogP contribution is 2.49. The van der Waals surface area contributed by atoms with Gasteiger partial charge in [-0.1, -0.05) is 18.6 Å². The highest BCUT2D eigenvalue weighted by molar-refractivity contribution is 5.97. The molecule has 0 aliphatic heterocycles. The topological polar surface area (TPSA) is 49.3 Å². The molecule has 2 N–H and O–H groups in total. The second-order valence-corrected chi connectivity index (χ2v) is 6.57. The van der Waals surface area contributed by atoms with Gasteiger partial charge < -0.3 is 10.4 Å². The zero-order valence-corrected chi connectivity index (χ0v) is 12.2. The van der Waals surface area contributed by atoms with Crippen LogP contribution in [0.15, 0.2) is 18.2 Å². The Hall–Kier alpha value is -1.51. The van der Waals surface area contributed by atoms with Crippen LogP contribution in [0.5, 0.6) is 5.75 Å². The normalized spacial score (nSPS) is 29.4. The minimum absolute atomic E-state index is 0.102. The Morgan fingerprint density at radius 3 is 2.80 bits per heavy atom. The summed E-state index contributed by atoms with van der Waals surface area (Å²) in [6, 6.07) is 5.50. The maximum Gasteiger partial charge on any atom is 0.255 e. The SMILES string of the molecule is Cc1cccc(C(=O)NC(C)C2CC3CCC2C3)c1O. The Kier molecular flexibility index (Phi) is 3.45. The highest BCUT2D eigenvalue weighted by Gasteiger charge is 2.42. The quantitative estimate of drug-likeness (QED) is 0.888. The van der Waals surface area contributed by atoms with Gasteiger partial charge in [-0.3, -0.25) is 4.79 Å². The number of nitrogens with one attached hydrogen (secondary N) is 1. The molecule has 20 heavy (non-hydrogen) atoms. The van der Waals surface area contributed by atoms with E-state index in [2.05, 4.69) is 12.2 Å². The van der Waals surface area contributed by atoms with E-state index in [-0.39, 0.29) is 17.7 Å². The van der Waals surface area contributed by atoms with Crippen LogP contribution in [-0.4, -0.2) is 17.1 Å². The minimum atomic E-state index is -0.151. The molecule has 2 bridgehead atoms. The van der Waals surface area contributed by atoms with Crippen LogP contribution in [0.2, 0.25) is 0 Å². The average Bonchev–Trinajstić information content (AvgIpc) is 3.04. The third-order valence-corrected chi connectivity index (χ3v) is 5.28. The molecular formula is C17H23NO2. The van der Waals surface area contributed by atoms with Crippen LogP contribution in [-0.2, 0) is 0 Å². The maximum atomic E-state index is 12.3. The van der Waals surface area contributed by atoms with Crippen LogP contribution in [0.25, 0.3) is 0 Å². The van der Waals surface area contributed by atoms with E-state index >= 15 is 0 Å². The van der Waals surface area contributed by atoms with E-state index in [9.17, 15) is 9.90 Å². The fourth-order valence-corrected chi connectivity index (χ4v) is 4.14. The Balaban J connectivity index is 1.68. The maximum absolute atomic E-state index is 12.3. The van der Waals surface area contributed by atoms with Crippen LogP contribution < -0.4 is 5.32 Å². The van der Waals surface area contributed by atoms with Crippen molar-refractivity contribution >= 4 is 5.91 Å². The van der Waals surface area contributed by atoms with Crippen molar-refractivity contribution in [3.8, 4) is 5.75 Å². The number of phenols is 1. The van der Waals surface area contributed by atoms with Gasteiger partial charge in [0.15, 0.2) is 0 Å². The number of carbonyl (C=O) groups is 1. The van der Waals surface area contributed by atoms with Crippen LogP contribution >= 0.6 is 0 Å². The van der Waals surface area contributed by atoms with Gasteiger partial charge in [-0.25, -0.2) is 0 Å². The number of hydrogen-bond donors (Lipinski definition) is 2. The van der Waals surface area contributed by atoms with Gasteiger partial charge in [-0.05, 0) is 62.5 Å². The van der Waals surface area contributed by atoms with Crippen molar-refractivity contribution in [2.75, 3.05) is 0 Å². The monoisotopic (exact) mass is 273 g/mol. The van der Waals surface area contributed by atoms with Crippen LogP contribution in [0.3, 0.4) is 0 Å². The highest BCUT2D eigenvalue weighted by atomic mass is 16.3. The number of hydrogen-bond acceptors (Lipinski definition) is 2. The predicted molar refractivity (Wildman–Crippen MR) is 78.7 cm³/mol. The lowest BCUT2D eigenvalue weighted by Crippen LogP contribution is -2.40. The summed E-state index contributed by atoms with van der Waals surface area (Å²) in [5, 5.41) is 13.1. The molecule has 1 aromatic carbocycles. The number of rotatable bonds is 3. The van der Waals surface area contributed by atoms with Gasteiger partial charge in [0.05, 0.1) is 5.56 Å². The van der Waals surface area contributed by atoms with Gasteiger partial charge in [-0.15, -0.1) is 0 Å². The van der Waals surface area contributed by atoms with Crippen LogP contribution in [0, 0.1) is 24.7 Å². The van der Waals surface area contributed by atoms with Crippen molar-refractivity contribution in [3.05, 3.63) is 29.3 Å². The summed E-state index contributed by atoms with van der Waals surface area (Å²) in [5.74, 6) is 2.24. The van der Waals surface area contributed by atoms with Gasteiger partial charge in [0.2, 0.25) is 0 Å². The van der Waals surface area contributed by atoms with Gasteiger partial charge >= 0.3 is 0 Å². The lowest BCUT2D eigenvalue weighted by Gasteiger charge is -2.28. The van der Waals surface area contributed by atoms with Gasteiger partial charge in [0.1, 0.15) is 5.75 Å². The fourth-order valence-electron chi connectivity index (χ4n) is 4.14. The molecular weight excluding hydrogens is 250 g/mol. The second kappa shape index (κ2) is 5.12. The van der Waals surface area contributed by atoms with Crippen molar-refractivity contribution in [1.82, 2.24) is 5.32 Å². The average molecular weight is 273 g/mol. The van der Waals surface area contributed by atoms with E-state index in [1.807, 2.05) is 19.1 Å². The van der Waals surface area contributed by atoms with E-state index in [4.69, 9.17) is 0 Å². The van der Waals surface area contributed by atoms with Crippen molar-refractivity contribution in [2.45, 2.75) is 45.6 Å². The lowest BCUT2D eigenvalue weighted by atomic mass is 9.84. The van der Waals surface area contributed by atoms with Crippen LogP contribution in [0.4, 0.5) is 0 Å². The molecule has 0 radical (unpaired) electrons. The summed E-state index contributed by atoms with van der Waals surface area (Å²) in [7, 11) is 0. The van der Waals surface area contributed by atoms with E-state index in [0.29, 0.717) is 11.5 Å². The minimum Gasteiger partial charge on any atom is -0.507 e. The van der Waals surface area contributed by atoms with E-state index in [1.165, 1.54) is 25.7 Å². The third kappa shape index (κ3) is 2.30. The molecule has 108 valence electrons. The number of aryl methyl sites for hydroxylation is 1. The van der Waals surface area contributed by atoms with Crippen LogP contribution in [0.1, 0.15) is 48.5 Å². The number of carbonyl (C=O) groups excluding carboxylic acids is 1. The Morgan fingerprint density at radius 1 is 1.35 bits per heavy atom. The summed E-state index contributed by atoms with van der Waals surface area (Å²) in [4.78, 5) is 12.3. The largest absolute Gasteiger partial charge is 0.507 e. The standard InChI is InChI=1S/C17H23NO2/c1-10-4-3-5-14(16(10)19)17(20)18-11(2)15-9-12-6-7-13(15)8-12/h3-5,11-13,15,19H,6-9H2,1-2H3,(H,18,20). The van der Waals surface area contributed by atoms with E-state index < -0.39 is 0 Å². The molecule has 3 heteroatoms.